The first-order chi connectivity index (χ1) is 7.58. The second-order valence-corrected chi connectivity index (χ2v) is 4.41. The third kappa shape index (κ3) is 4.65. The Hall–Kier alpha value is -1.04. The Morgan fingerprint density at radius 1 is 1.38 bits per heavy atom. The van der Waals surface area contributed by atoms with Gasteiger partial charge >= 0.3 is 5.97 Å². The average Bonchev–Trinajstić information content (AvgIpc) is 2.23. The van der Waals surface area contributed by atoms with Gasteiger partial charge in [0.05, 0.1) is 12.7 Å². The number of carbonyl (C=O) groups excluding carboxylic acids is 1. The summed E-state index contributed by atoms with van der Waals surface area (Å²) in [5, 5.41) is 9.09. The topological polar surface area (TPSA) is 50.1 Å². The van der Waals surface area contributed by atoms with Crippen molar-refractivity contribution in [1.29, 1.82) is 5.26 Å². The van der Waals surface area contributed by atoms with Crippen molar-refractivity contribution in [3.05, 3.63) is 0 Å². The first-order valence-corrected chi connectivity index (χ1v) is 6.14. The Kier molecular flexibility index (Phi) is 7.62. The van der Waals surface area contributed by atoms with Gasteiger partial charge in [0, 0.05) is 0 Å². The second-order valence-electron chi connectivity index (χ2n) is 4.41. The Labute approximate surface area is 98.8 Å². The Morgan fingerprint density at radius 2 is 2.00 bits per heavy atom. The van der Waals surface area contributed by atoms with Gasteiger partial charge in [0.2, 0.25) is 0 Å². The number of hydrogen-bond acceptors (Lipinski definition) is 3. The molecule has 0 aromatic carbocycles. The number of nitriles is 1. The van der Waals surface area contributed by atoms with Gasteiger partial charge in [0.25, 0.3) is 0 Å². The highest BCUT2D eigenvalue weighted by atomic mass is 16.5. The maximum absolute atomic E-state index is 11.6. The highest BCUT2D eigenvalue weighted by Gasteiger charge is 2.31. The quantitative estimate of drug-likeness (QED) is 0.625. The first-order valence-electron chi connectivity index (χ1n) is 6.14. The SMILES string of the molecule is CCCCC(C(C)C)C(C#N)C(=O)OCC. The van der Waals surface area contributed by atoms with Gasteiger partial charge in [-0.3, -0.25) is 4.79 Å². The first kappa shape index (κ1) is 15.0. The van der Waals surface area contributed by atoms with E-state index in [-0.39, 0.29) is 11.9 Å². The number of esters is 1. The normalized spacial score (nSPS) is 14.2. The fraction of sp³-hybridized carbons (Fsp3) is 0.846. The van der Waals surface area contributed by atoms with Crippen LogP contribution in [0.25, 0.3) is 0 Å². The van der Waals surface area contributed by atoms with E-state index in [1.54, 1.807) is 6.92 Å². The van der Waals surface area contributed by atoms with Crippen molar-refractivity contribution in [2.24, 2.45) is 17.8 Å². The van der Waals surface area contributed by atoms with Gasteiger partial charge in [-0.1, -0.05) is 33.6 Å². The number of rotatable bonds is 7. The molecule has 0 aromatic heterocycles. The number of carbonyl (C=O) groups is 1. The largest absolute Gasteiger partial charge is 0.465 e. The van der Waals surface area contributed by atoms with Gasteiger partial charge in [-0.15, -0.1) is 0 Å². The molecule has 3 nitrogen and oxygen atoms in total. The lowest BCUT2D eigenvalue weighted by molar-refractivity contribution is -0.148. The van der Waals surface area contributed by atoms with Gasteiger partial charge < -0.3 is 4.74 Å². The van der Waals surface area contributed by atoms with Gasteiger partial charge in [-0.25, -0.2) is 0 Å². The van der Waals surface area contributed by atoms with Gasteiger partial charge in [-0.2, -0.15) is 5.26 Å². The summed E-state index contributed by atoms with van der Waals surface area (Å²) in [5.41, 5.74) is 0. The number of nitrogens with zero attached hydrogens (tertiary/aromatic N) is 1. The van der Waals surface area contributed by atoms with Crippen LogP contribution in [0.2, 0.25) is 0 Å². The molecule has 0 N–H and O–H groups in total. The van der Waals surface area contributed by atoms with E-state index in [1.165, 1.54) is 0 Å². The molecule has 0 saturated carbocycles. The van der Waals surface area contributed by atoms with Crippen LogP contribution in [0, 0.1) is 29.1 Å². The van der Waals surface area contributed by atoms with Crippen LogP contribution in [0.3, 0.4) is 0 Å². The molecule has 0 saturated heterocycles. The third-order valence-electron chi connectivity index (χ3n) is 2.86. The molecule has 0 aliphatic rings. The van der Waals surface area contributed by atoms with Crippen molar-refractivity contribution in [1.82, 2.24) is 0 Å². The smallest absolute Gasteiger partial charge is 0.323 e. The van der Waals surface area contributed by atoms with Gasteiger partial charge in [0.1, 0.15) is 5.92 Å². The second kappa shape index (κ2) is 8.15. The molecular formula is C13H23NO2. The Morgan fingerprint density at radius 3 is 2.38 bits per heavy atom. The van der Waals surface area contributed by atoms with Crippen LogP contribution in [-0.2, 0) is 9.53 Å². The molecule has 0 amide bonds. The fourth-order valence-electron chi connectivity index (χ4n) is 1.88. The zero-order chi connectivity index (χ0) is 12.6. The monoisotopic (exact) mass is 225 g/mol. The Bertz CT molecular complexity index is 243. The van der Waals surface area contributed by atoms with E-state index in [0.29, 0.717) is 12.5 Å². The lowest BCUT2D eigenvalue weighted by atomic mass is 9.80. The zero-order valence-electron chi connectivity index (χ0n) is 10.8. The van der Waals surface area contributed by atoms with E-state index in [2.05, 4.69) is 26.8 Å². The van der Waals surface area contributed by atoms with Crippen molar-refractivity contribution < 1.29 is 9.53 Å². The summed E-state index contributed by atoms with van der Waals surface area (Å²) in [5.74, 6) is -0.518. The van der Waals surface area contributed by atoms with Crippen LogP contribution in [-0.4, -0.2) is 12.6 Å². The maximum Gasteiger partial charge on any atom is 0.323 e. The minimum atomic E-state index is -0.605. The average molecular weight is 225 g/mol. The van der Waals surface area contributed by atoms with E-state index in [9.17, 15) is 4.79 Å². The predicted molar refractivity (Wildman–Crippen MR) is 63.6 cm³/mol. The molecular weight excluding hydrogens is 202 g/mol. The molecule has 0 aliphatic carbocycles. The standard InChI is InChI=1S/C13H23NO2/c1-5-7-8-11(10(3)4)12(9-14)13(15)16-6-2/h10-12H,5-8H2,1-4H3. The lowest BCUT2D eigenvalue weighted by Crippen LogP contribution is -2.28. The zero-order valence-corrected chi connectivity index (χ0v) is 10.8. The van der Waals surface area contributed by atoms with E-state index in [0.717, 1.165) is 19.3 Å². The molecule has 0 aromatic rings. The Balaban J connectivity index is 4.58. The molecule has 0 fully saturated rings. The summed E-state index contributed by atoms with van der Waals surface area (Å²) in [6, 6.07) is 2.10. The lowest BCUT2D eigenvalue weighted by Gasteiger charge is -2.24. The van der Waals surface area contributed by atoms with E-state index >= 15 is 0 Å². The van der Waals surface area contributed by atoms with Crippen LogP contribution in [0.4, 0.5) is 0 Å². The molecule has 3 heteroatoms. The summed E-state index contributed by atoms with van der Waals surface area (Å²) in [4.78, 5) is 11.6. The van der Waals surface area contributed by atoms with Gasteiger partial charge in [0.15, 0.2) is 0 Å². The van der Waals surface area contributed by atoms with Crippen molar-refractivity contribution in [2.45, 2.75) is 47.0 Å². The van der Waals surface area contributed by atoms with E-state index < -0.39 is 5.92 Å². The molecule has 2 atom stereocenters. The molecule has 92 valence electrons. The number of hydrogen-bond donors (Lipinski definition) is 0. The molecule has 0 heterocycles. The highest BCUT2D eigenvalue weighted by Crippen LogP contribution is 2.27. The minimum absolute atomic E-state index is 0.115. The van der Waals surface area contributed by atoms with Crippen molar-refractivity contribution in [3.8, 4) is 6.07 Å². The molecule has 2 unspecified atom stereocenters. The van der Waals surface area contributed by atoms with Crippen molar-refractivity contribution >= 4 is 5.97 Å². The molecule has 0 spiro atoms. The fourth-order valence-corrected chi connectivity index (χ4v) is 1.88. The predicted octanol–water partition coefficient (Wildman–Crippen LogP) is 3.15. The van der Waals surface area contributed by atoms with Crippen LogP contribution < -0.4 is 0 Å². The van der Waals surface area contributed by atoms with Gasteiger partial charge in [-0.05, 0) is 25.2 Å². The summed E-state index contributed by atoms with van der Waals surface area (Å²) < 4.78 is 4.94. The summed E-state index contributed by atoms with van der Waals surface area (Å²) in [7, 11) is 0. The van der Waals surface area contributed by atoms with Crippen LogP contribution in [0.15, 0.2) is 0 Å². The number of unbranched alkanes of at least 4 members (excludes halogenated alkanes) is 1. The number of ether oxygens (including phenoxy) is 1. The van der Waals surface area contributed by atoms with Crippen molar-refractivity contribution in [3.63, 3.8) is 0 Å². The maximum atomic E-state index is 11.6. The molecule has 16 heavy (non-hydrogen) atoms. The third-order valence-corrected chi connectivity index (χ3v) is 2.86. The molecule has 0 radical (unpaired) electrons. The minimum Gasteiger partial charge on any atom is -0.465 e. The molecule has 0 rings (SSSR count). The van der Waals surface area contributed by atoms with E-state index in [1.807, 2.05) is 0 Å². The van der Waals surface area contributed by atoms with Crippen LogP contribution >= 0.6 is 0 Å². The summed E-state index contributed by atoms with van der Waals surface area (Å²) in [6.45, 7) is 8.34. The van der Waals surface area contributed by atoms with Crippen LogP contribution in [0.5, 0.6) is 0 Å². The summed E-state index contributed by atoms with van der Waals surface area (Å²) >= 11 is 0. The molecule has 0 aliphatic heterocycles. The van der Waals surface area contributed by atoms with Crippen molar-refractivity contribution in [2.75, 3.05) is 6.61 Å². The highest BCUT2D eigenvalue weighted by molar-refractivity contribution is 5.75. The van der Waals surface area contributed by atoms with Crippen LogP contribution in [0.1, 0.15) is 47.0 Å². The summed E-state index contributed by atoms with van der Waals surface area (Å²) in [6.07, 6.45) is 3.07. The van der Waals surface area contributed by atoms with E-state index in [4.69, 9.17) is 10.00 Å². The molecule has 0 bridgehead atoms.